The lowest BCUT2D eigenvalue weighted by molar-refractivity contribution is 0.0531. The minimum atomic E-state index is -0.426. The molecule has 3 aromatic rings. The van der Waals surface area contributed by atoms with Crippen molar-refractivity contribution in [1.29, 1.82) is 0 Å². The van der Waals surface area contributed by atoms with Crippen LogP contribution in [0.25, 0.3) is 0 Å². The summed E-state index contributed by atoms with van der Waals surface area (Å²) in [6, 6.07) is 9.39. The molecule has 1 amide bonds. The van der Waals surface area contributed by atoms with Crippen molar-refractivity contribution >= 4 is 28.3 Å². The second-order valence-electron chi connectivity index (χ2n) is 6.39. The van der Waals surface area contributed by atoms with Crippen molar-refractivity contribution in [3.05, 3.63) is 63.4 Å². The molecule has 1 N–H and O–H groups in total. The number of aryl methyl sites for hydroxylation is 3. The first-order valence-electron chi connectivity index (χ1n) is 8.93. The van der Waals surface area contributed by atoms with Crippen molar-refractivity contribution in [3.8, 4) is 0 Å². The number of amides is 1. The van der Waals surface area contributed by atoms with E-state index >= 15 is 0 Å². The van der Waals surface area contributed by atoms with Crippen molar-refractivity contribution < 1.29 is 14.3 Å². The zero-order valence-corrected chi connectivity index (χ0v) is 17.1. The molecule has 0 saturated carbocycles. The minimum absolute atomic E-state index is 0.278. The van der Waals surface area contributed by atoms with E-state index in [9.17, 15) is 9.59 Å². The maximum absolute atomic E-state index is 12.6. The third-order valence-corrected chi connectivity index (χ3v) is 5.16. The Hall–Kier alpha value is -3.00. The number of aromatic nitrogens is 3. The van der Waals surface area contributed by atoms with Crippen LogP contribution in [0, 0.1) is 20.8 Å². The van der Waals surface area contributed by atoms with Gasteiger partial charge in [-0.15, -0.1) is 0 Å². The first-order chi connectivity index (χ1) is 13.4. The number of nitrogens with one attached hydrogen (secondary N) is 1. The van der Waals surface area contributed by atoms with Gasteiger partial charge in [0.2, 0.25) is 0 Å². The van der Waals surface area contributed by atoms with Gasteiger partial charge in [0.05, 0.1) is 24.5 Å². The highest BCUT2D eigenvalue weighted by Crippen LogP contribution is 2.24. The average molecular weight is 398 g/mol. The summed E-state index contributed by atoms with van der Waals surface area (Å²) in [6.07, 6.45) is 0. The van der Waals surface area contributed by atoms with E-state index < -0.39 is 5.97 Å². The highest BCUT2D eigenvalue weighted by Gasteiger charge is 2.18. The molecule has 0 spiro atoms. The van der Waals surface area contributed by atoms with Gasteiger partial charge in [-0.05, 0) is 51.5 Å². The second-order valence-corrected chi connectivity index (χ2v) is 7.39. The van der Waals surface area contributed by atoms with Crippen molar-refractivity contribution in [2.75, 3.05) is 11.9 Å². The summed E-state index contributed by atoms with van der Waals surface area (Å²) in [4.78, 5) is 29.2. The molecule has 146 valence electrons. The number of hydrogen-bond acceptors (Lipinski definition) is 6. The van der Waals surface area contributed by atoms with Crippen molar-refractivity contribution in [3.63, 3.8) is 0 Å². The van der Waals surface area contributed by atoms with Crippen LogP contribution in [0.4, 0.5) is 5.13 Å². The van der Waals surface area contributed by atoms with Crippen LogP contribution in [0.3, 0.4) is 0 Å². The molecule has 0 fully saturated rings. The first kappa shape index (κ1) is 19.8. The fourth-order valence-corrected chi connectivity index (χ4v) is 3.68. The molecule has 7 nitrogen and oxygen atoms in total. The highest BCUT2D eigenvalue weighted by molar-refractivity contribution is 7.17. The van der Waals surface area contributed by atoms with Crippen molar-refractivity contribution in [2.45, 2.75) is 34.2 Å². The number of esters is 1. The van der Waals surface area contributed by atoms with E-state index in [0.717, 1.165) is 28.3 Å². The Kier molecular flexibility index (Phi) is 5.89. The molecule has 0 radical (unpaired) electrons. The van der Waals surface area contributed by atoms with Gasteiger partial charge in [-0.1, -0.05) is 23.5 Å². The van der Waals surface area contributed by atoms with Crippen LogP contribution >= 0.6 is 11.3 Å². The molecule has 0 aliphatic heterocycles. The van der Waals surface area contributed by atoms with E-state index in [4.69, 9.17) is 4.74 Å². The number of rotatable bonds is 6. The summed E-state index contributed by atoms with van der Waals surface area (Å²) in [7, 11) is 0. The van der Waals surface area contributed by atoms with Gasteiger partial charge >= 0.3 is 5.97 Å². The Morgan fingerprint density at radius 3 is 2.68 bits per heavy atom. The predicted molar refractivity (Wildman–Crippen MR) is 108 cm³/mol. The maximum atomic E-state index is 12.6. The number of carbonyl (C=O) groups is 2. The molecular weight excluding hydrogens is 376 g/mol. The summed E-state index contributed by atoms with van der Waals surface area (Å²) in [5.74, 6) is -0.704. The first-order valence-corrected chi connectivity index (χ1v) is 9.75. The number of carbonyl (C=O) groups excluding carboxylic acids is 2. The number of benzene rings is 1. The molecule has 0 unspecified atom stereocenters. The largest absolute Gasteiger partial charge is 0.462 e. The van der Waals surface area contributed by atoms with Crippen LogP contribution in [0.15, 0.2) is 30.3 Å². The number of thiazole rings is 1. The quantitative estimate of drug-likeness (QED) is 0.639. The van der Waals surface area contributed by atoms with Crippen LogP contribution in [0.5, 0.6) is 0 Å². The molecule has 3 rings (SSSR count). The Bertz CT molecular complexity index is 1020. The molecule has 1 aromatic carbocycles. The zero-order chi connectivity index (χ0) is 20.3. The number of anilines is 1. The van der Waals surface area contributed by atoms with Gasteiger partial charge < -0.3 is 4.74 Å². The molecule has 0 atom stereocenters. The monoisotopic (exact) mass is 398 g/mol. The van der Waals surface area contributed by atoms with Crippen LogP contribution < -0.4 is 5.32 Å². The van der Waals surface area contributed by atoms with Gasteiger partial charge in [0.1, 0.15) is 4.88 Å². The van der Waals surface area contributed by atoms with Crippen LogP contribution in [0.1, 0.15) is 49.6 Å². The molecule has 0 saturated heterocycles. The van der Waals surface area contributed by atoms with E-state index in [1.54, 1.807) is 19.9 Å². The number of nitrogens with zero attached hydrogens (tertiary/aromatic N) is 3. The lowest BCUT2D eigenvalue weighted by atomic mass is 10.1. The van der Waals surface area contributed by atoms with E-state index in [-0.39, 0.29) is 5.91 Å². The van der Waals surface area contributed by atoms with E-state index in [1.165, 1.54) is 0 Å². The Morgan fingerprint density at radius 1 is 1.21 bits per heavy atom. The van der Waals surface area contributed by atoms with Gasteiger partial charge in [0.15, 0.2) is 5.13 Å². The summed E-state index contributed by atoms with van der Waals surface area (Å²) < 4.78 is 6.91. The Morgan fingerprint density at radius 2 is 2.00 bits per heavy atom. The molecule has 0 bridgehead atoms. The summed E-state index contributed by atoms with van der Waals surface area (Å²) in [5, 5.41) is 7.59. The topological polar surface area (TPSA) is 86.1 Å². The van der Waals surface area contributed by atoms with E-state index in [2.05, 4.69) is 15.4 Å². The SMILES string of the molecule is CCOC(=O)c1sc(NC(=O)c2cccc(Cn3nc(C)cc3C)c2)nc1C. The smallest absolute Gasteiger partial charge is 0.350 e. The van der Waals surface area contributed by atoms with Crippen molar-refractivity contribution in [1.82, 2.24) is 14.8 Å². The van der Waals surface area contributed by atoms with Gasteiger partial charge in [-0.3, -0.25) is 14.8 Å². The summed E-state index contributed by atoms with van der Waals surface area (Å²) in [6.45, 7) is 8.30. The average Bonchev–Trinajstić information content (AvgIpc) is 3.16. The van der Waals surface area contributed by atoms with Crippen LogP contribution in [-0.2, 0) is 11.3 Å². The maximum Gasteiger partial charge on any atom is 0.350 e. The molecule has 0 aliphatic carbocycles. The van der Waals surface area contributed by atoms with Gasteiger partial charge in [-0.2, -0.15) is 5.10 Å². The van der Waals surface area contributed by atoms with E-state index in [1.807, 2.05) is 42.8 Å². The van der Waals surface area contributed by atoms with Gasteiger partial charge in [0.25, 0.3) is 5.91 Å². The number of ether oxygens (including phenoxy) is 1. The normalized spacial score (nSPS) is 10.7. The summed E-state index contributed by atoms with van der Waals surface area (Å²) >= 11 is 1.11. The molecule has 28 heavy (non-hydrogen) atoms. The predicted octanol–water partition coefficient (Wildman–Crippen LogP) is 3.74. The number of hydrogen-bond donors (Lipinski definition) is 1. The minimum Gasteiger partial charge on any atom is -0.462 e. The molecule has 8 heteroatoms. The third kappa shape index (κ3) is 4.45. The third-order valence-electron chi connectivity index (χ3n) is 4.10. The molecular formula is C20H22N4O3S. The Labute approximate surface area is 167 Å². The molecule has 2 heterocycles. The van der Waals surface area contributed by atoms with E-state index in [0.29, 0.717) is 34.4 Å². The highest BCUT2D eigenvalue weighted by atomic mass is 32.1. The molecule has 0 aliphatic rings. The standard InChI is InChI=1S/C20H22N4O3S/c1-5-27-19(26)17-14(4)21-20(28-17)22-18(25)16-8-6-7-15(10-16)11-24-13(3)9-12(2)23-24/h6-10H,5,11H2,1-4H3,(H,21,22,25). The lowest BCUT2D eigenvalue weighted by Crippen LogP contribution is -2.12. The fraction of sp³-hybridized carbons (Fsp3) is 0.300. The van der Waals surface area contributed by atoms with Gasteiger partial charge in [-0.25, -0.2) is 9.78 Å². The fourth-order valence-electron chi connectivity index (χ4n) is 2.82. The van der Waals surface area contributed by atoms with Crippen molar-refractivity contribution in [2.24, 2.45) is 0 Å². The second kappa shape index (κ2) is 8.35. The summed E-state index contributed by atoms with van der Waals surface area (Å²) in [5.41, 5.74) is 4.06. The van der Waals surface area contributed by atoms with Gasteiger partial charge in [0, 0.05) is 11.3 Å². The van der Waals surface area contributed by atoms with Crippen LogP contribution in [0.2, 0.25) is 0 Å². The van der Waals surface area contributed by atoms with Crippen LogP contribution in [-0.4, -0.2) is 33.2 Å². The lowest BCUT2D eigenvalue weighted by Gasteiger charge is -2.07. The zero-order valence-electron chi connectivity index (χ0n) is 16.3. The molecule has 2 aromatic heterocycles. The Balaban J connectivity index is 1.74.